The molecule has 0 aromatic rings. The van der Waals surface area contributed by atoms with E-state index in [9.17, 15) is 0 Å². The molecule has 0 spiro atoms. The normalized spacial score (nSPS) is 12.0. The quantitative estimate of drug-likeness (QED) is 0.353. The van der Waals surface area contributed by atoms with Crippen LogP contribution in [-0.4, -0.2) is 15.7 Å². The van der Waals surface area contributed by atoms with Crippen LogP contribution in [-0.2, 0) is 0 Å². The Morgan fingerprint density at radius 3 is 1.93 bits per heavy atom. The van der Waals surface area contributed by atoms with Gasteiger partial charge in [-0.25, -0.2) is 0 Å². The minimum Gasteiger partial charge on any atom is -0.192 e. The molecule has 0 amide bonds. The van der Waals surface area contributed by atoms with Crippen molar-refractivity contribution < 1.29 is 0 Å². The van der Waals surface area contributed by atoms with E-state index in [0.29, 0.717) is 5.57 Å². The van der Waals surface area contributed by atoms with Crippen LogP contribution in [0.3, 0.4) is 0 Å². The fraction of sp³-hybridized carbons (Fsp3) is 0. The molecule has 0 saturated carbocycles. The molecule has 0 aliphatic carbocycles. The lowest BCUT2D eigenvalue weighted by Gasteiger charge is -1.98. The van der Waals surface area contributed by atoms with Gasteiger partial charge in [0.1, 0.15) is 27.8 Å². The Labute approximate surface area is 86.4 Å². The first-order valence-electron chi connectivity index (χ1n) is 4.08. The lowest BCUT2D eigenvalue weighted by atomic mass is 9.77. The van der Waals surface area contributed by atoms with E-state index in [1.165, 1.54) is 6.08 Å². The third kappa shape index (κ3) is 3.21. The zero-order chi connectivity index (χ0) is 11.1. The van der Waals surface area contributed by atoms with E-state index in [4.69, 9.17) is 10.5 Å². The van der Waals surface area contributed by atoms with Crippen LogP contribution in [0.2, 0.25) is 0 Å². The second-order valence-corrected chi connectivity index (χ2v) is 2.86. The Kier molecular flexibility index (Phi) is 4.89. The van der Waals surface area contributed by atoms with E-state index in [2.05, 4.69) is 13.2 Å². The van der Waals surface area contributed by atoms with Gasteiger partial charge in [0.25, 0.3) is 0 Å². The fourth-order valence-corrected chi connectivity index (χ4v) is 0.726. The van der Waals surface area contributed by atoms with Gasteiger partial charge in [-0.15, -0.1) is 12.1 Å². The van der Waals surface area contributed by atoms with Crippen molar-refractivity contribution in [2.24, 2.45) is 0 Å². The van der Waals surface area contributed by atoms with Crippen LogP contribution < -0.4 is 0 Å². The van der Waals surface area contributed by atoms with Gasteiger partial charge in [0, 0.05) is 0 Å². The molecule has 14 heavy (non-hydrogen) atoms. The zero-order valence-corrected chi connectivity index (χ0v) is 8.46. The first-order chi connectivity index (χ1) is 6.56. The van der Waals surface area contributed by atoms with Gasteiger partial charge < -0.3 is 0 Å². The number of allylic oxidation sites excluding steroid dienone is 6. The van der Waals surface area contributed by atoms with Crippen molar-refractivity contribution in [1.29, 1.82) is 10.5 Å². The van der Waals surface area contributed by atoms with Crippen LogP contribution in [0.5, 0.6) is 0 Å². The summed E-state index contributed by atoms with van der Waals surface area (Å²) in [4.78, 5) is 0. The molecular weight excluding hydrogens is 170 g/mol. The van der Waals surface area contributed by atoms with Crippen molar-refractivity contribution in [1.82, 2.24) is 0 Å². The van der Waals surface area contributed by atoms with Gasteiger partial charge in [0.2, 0.25) is 0 Å². The summed E-state index contributed by atoms with van der Waals surface area (Å²) in [6.07, 6.45) is 3.02. The molecule has 4 heteroatoms. The fourth-order valence-electron chi connectivity index (χ4n) is 0.726. The number of hydrogen-bond donors (Lipinski definition) is 0. The molecule has 0 unspecified atom stereocenters. The van der Waals surface area contributed by atoms with Crippen molar-refractivity contribution in [3.05, 3.63) is 47.4 Å². The van der Waals surface area contributed by atoms with Crippen LogP contribution in [0.4, 0.5) is 0 Å². The Balaban J connectivity index is 5.37. The highest BCUT2D eigenvalue weighted by Crippen LogP contribution is 2.09. The van der Waals surface area contributed by atoms with Crippen molar-refractivity contribution in [3.8, 4) is 12.1 Å². The van der Waals surface area contributed by atoms with E-state index in [-0.39, 0.29) is 5.57 Å². The summed E-state index contributed by atoms with van der Waals surface area (Å²) in [7, 11) is 3.69. The third-order valence-electron chi connectivity index (χ3n) is 1.77. The Morgan fingerprint density at radius 2 is 1.64 bits per heavy atom. The van der Waals surface area contributed by atoms with Gasteiger partial charge in [-0.3, -0.25) is 0 Å². The lowest BCUT2D eigenvalue weighted by molar-refractivity contribution is 1.44. The summed E-state index contributed by atoms with van der Waals surface area (Å²) in [6.45, 7) is 7.21. The first-order valence-corrected chi connectivity index (χ1v) is 4.08. The Hall–Kier alpha value is -1.93. The van der Waals surface area contributed by atoms with Crippen LogP contribution >= 0.6 is 0 Å². The molecule has 66 valence electrons. The maximum absolute atomic E-state index is 8.81. The van der Waals surface area contributed by atoms with Gasteiger partial charge in [0.05, 0.1) is 11.1 Å². The molecule has 0 bridgehead atoms. The molecule has 0 N–H and O–H groups in total. The molecular formula is C10H10B2N2. The topological polar surface area (TPSA) is 47.6 Å². The summed E-state index contributed by atoms with van der Waals surface area (Å²) < 4.78 is 0. The van der Waals surface area contributed by atoms with E-state index in [1.807, 2.05) is 27.8 Å². The second-order valence-electron chi connectivity index (χ2n) is 2.86. The monoisotopic (exact) mass is 180 g/mol. The van der Waals surface area contributed by atoms with Crippen LogP contribution in [0.25, 0.3) is 0 Å². The summed E-state index contributed by atoms with van der Waals surface area (Å²) >= 11 is 0. The smallest absolute Gasteiger partial charge is 0.138 e. The predicted octanol–water partition coefficient (Wildman–Crippen LogP) is 0.180. The molecule has 0 atom stereocenters. The second kappa shape index (κ2) is 5.67. The molecule has 0 fully saturated rings. The van der Waals surface area contributed by atoms with Crippen molar-refractivity contribution in [2.75, 3.05) is 0 Å². The Morgan fingerprint density at radius 1 is 1.14 bits per heavy atom. The molecule has 2 nitrogen and oxygen atoms in total. The van der Waals surface area contributed by atoms with E-state index in [0.717, 1.165) is 10.9 Å². The number of hydrogen-bond acceptors (Lipinski definition) is 2. The molecule has 0 aliphatic heterocycles. The van der Waals surface area contributed by atoms with E-state index in [1.54, 1.807) is 6.08 Å². The molecule has 0 aliphatic rings. The van der Waals surface area contributed by atoms with Gasteiger partial charge in [-0.1, -0.05) is 18.1 Å². The molecule has 0 radical (unpaired) electrons. The minimum absolute atomic E-state index is 0.285. The molecule has 0 rings (SSSR count). The van der Waals surface area contributed by atoms with Crippen LogP contribution in [0.15, 0.2) is 47.4 Å². The molecule has 0 saturated heterocycles. The highest BCUT2D eigenvalue weighted by atomic mass is 14.3. The Bertz CT molecular complexity index is 403. The van der Waals surface area contributed by atoms with Crippen molar-refractivity contribution in [3.63, 3.8) is 0 Å². The number of nitrogens with zero attached hydrogens (tertiary/aromatic N) is 2. The molecule has 0 aromatic heterocycles. The summed E-state index contributed by atoms with van der Waals surface area (Å²) in [5.41, 5.74) is 2.37. The number of nitriles is 2. The van der Waals surface area contributed by atoms with Crippen molar-refractivity contribution >= 4 is 15.7 Å². The highest BCUT2D eigenvalue weighted by Gasteiger charge is 2.00. The summed E-state index contributed by atoms with van der Waals surface area (Å²) in [5, 5.41) is 17.5. The predicted molar refractivity (Wildman–Crippen MR) is 62.8 cm³/mol. The largest absolute Gasteiger partial charge is 0.192 e. The maximum atomic E-state index is 8.81. The number of rotatable bonds is 3. The zero-order valence-electron chi connectivity index (χ0n) is 8.46. The average molecular weight is 180 g/mol. The third-order valence-corrected chi connectivity index (χ3v) is 1.77. The molecule has 0 aromatic carbocycles. The van der Waals surface area contributed by atoms with E-state index < -0.39 is 0 Å². The highest BCUT2D eigenvalue weighted by molar-refractivity contribution is 6.36. The van der Waals surface area contributed by atoms with Gasteiger partial charge in [-0.2, -0.15) is 10.5 Å². The van der Waals surface area contributed by atoms with Gasteiger partial charge >= 0.3 is 0 Å². The summed E-state index contributed by atoms with van der Waals surface area (Å²) in [6, 6.07) is 3.87. The maximum Gasteiger partial charge on any atom is 0.138 e. The first kappa shape index (κ1) is 12.1. The van der Waals surface area contributed by atoms with E-state index >= 15 is 0 Å². The summed E-state index contributed by atoms with van der Waals surface area (Å²) in [5.74, 6) is 0. The van der Waals surface area contributed by atoms with Crippen LogP contribution in [0, 0.1) is 22.7 Å². The lowest BCUT2D eigenvalue weighted by Crippen LogP contribution is -1.89. The van der Waals surface area contributed by atoms with Crippen LogP contribution in [0.1, 0.15) is 0 Å². The molecule has 0 heterocycles. The SMILES string of the molecule is BC(=C)/C(B)=C\C(C#N)=C(\C#N)C=C. The average Bonchev–Trinajstić information content (AvgIpc) is 2.17. The van der Waals surface area contributed by atoms with Gasteiger partial charge in [0.15, 0.2) is 0 Å². The van der Waals surface area contributed by atoms with Crippen molar-refractivity contribution in [2.45, 2.75) is 0 Å². The van der Waals surface area contributed by atoms with Gasteiger partial charge in [-0.05, 0) is 6.08 Å². The standard InChI is InChI=1S/C10H10B2N2/c1-3-8(5-13)9(6-14)4-10(12)7(2)11/h3-4H,1-2,11-12H2/b9-8-,10-4+. The minimum atomic E-state index is 0.285.